The maximum Gasteiger partial charge on any atom is 0.160 e. The summed E-state index contributed by atoms with van der Waals surface area (Å²) < 4.78 is 15.2. The number of unbranched alkanes of at least 4 members (excludes halogenated alkanes) is 3. The minimum absolute atomic E-state index is 0.565. The summed E-state index contributed by atoms with van der Waals surface area (Å²) in [6, 6.07) is 20.7. The molecule has 170 valence electrons. The molecular formula is C30H33FN2. The van der Waals surface area contributed by atoms with Gasteiger partial charge in [-0.1, -0.05) is 80.8 Å². The molecule has 0 aliphatic carbocycles. The van der Waals surface area contributed by atoms with Gasteiger partial charge in [-0.25, -0.2) is 14.4 Å². The van der Waals surface area contributed by atoms with E-state index in [9.17, 15) is 0 Å². The van der Waals surface area contributed by atoms with Gasteiger partial charge in [0.1, 0.15) is 5.67 Å². The third kappa shape index (κ3) is 5.30. The first-order chi connectivity index (χ1) is 15.9. The predicted molar refractivity (Wildman–Crippen MR) is 137 cm³/mol. The van der Waals surface area contributed by atoms with E-state index in [2.05, 4.69) is 36.2 Å². The minimum Gasteiger partial charge on any atom is -0.239 e. The van der Waals surface area contributed by atoms with Crippen LogP contribution in [-0.4, -0.2) is 9.97 Å². The number of aromatic nitrogens is 2. The molecule has 0 unspecified atom stereocenters. The lowest BCUT2D eigenvalue weighted by molar-refractivity contribution is 0.222. The highest BCUT2D eigenvalue weighted by atomic mass is 19.1. The first kappa shape index (κ1) is 23.1. The summed E-state index contributed by atoms with van der Waals surface area (Å²) in [7, 11) is 0. The molecule has 0 fully saturated rings. The van der Waals surface area contributed by atoms with E-state index >= 15 is 4.39 Å². The zero-order valence-corrected chi connectivity index (χ0v) is 20.2. The van der Waals surface area contributed by atoms with Crippen LogP contribution < -0.4 is 0 Å². The SMILES string of the molecule is CCCCCCc1cccc(-c2ccc(C(C)(C)F)c(-c3ncc4cccc(C)c4n3)c2)c1. The number of hydrogen-bond acceptors (Lipinski definition) is 2. The van der Waals surface area contributed by atoms with Crippen LogP contribution in [0.4, 0.5) is 4.39 Å². The molecule has 1 heterocycles. The van der Waals surface area contributed by atoms with Gasteiger partial charge in [0.25, 0.3) is 0 Å². The molecule has 0 aliphatic heterocycles. The Morgan fingerprint density at radius 2 is 1.67 bits per heavy atom. The predicted octanol–water partition coefficient (Wildman–Crippen LogP) is 8.60. The van der Waals surface area contributed by atoms with Gasteiger partial charge in [0.2, 0.25) is 0 Å². The average Bonchev–Trinajstić information content (AvgIpc) is 2.81. The van der Waals surface area contributed by atoms with Crippen molar-refractivity contribution in [3.05, 3.63) is 83.6 Å². The number of para-hydroxylation sites is 1. The Balaban J connectivity index is 1.76. The number of nitrogens with zero attached hydrogens (tertiary/aromatic N) is 2. The molecule has 3 heteroatoms. The van der Waals surface area contributed by atoms with Gasteiger partial charge in [-0.05, 0) is 67.5 Å². The number of fused-ring (bicyclic) bond motifs is 1. The van der Waals surface area contributed by atoms with Gasteiger partial charge < -0.3 is 0 Å². The van der Waals surface area contributed by atoms with Crippen molar-refractivity contribution in [1.82, 2.24) is 9.97 Å². The first-order valence-electron chi connectivity index (χ1n) is 12.0. The normalized spacial score (nSPS) is 11.8. The second-order valence-corrected chi connectivity index (χ2v) is 9.45. The van der Waals surface area contributed by atoms with E-state index in [1.54, 1.807) is 13.8 Å². The zero-order valence-electron chi connectivity index (χ0n) is 20.2. The molecule has 4 rings (SSSR count). The molecule has 0 N–H and O–H groups in total. The van der Waals surface area contributed by atoms with E-state index in [0.717, 1.165) is 39.6 Å². The van der Waals surface area contributed by atoms with Crippen molar-refractivity contribution >= 4 is 10.9 Å². The van der Waals surface area contributed by atoms with Crippen molar-refractivity contribution in [2.75, 3.05) is 0 Å². The van der Waals surface area contributed by atoms with E-state index in [4.69, 9.17) is 4.98 Å². The third-order valence-electron chi connectivity index (χ3n) is 6.29. The maximum absolute atomic E-state index is 15.2. The molecule has 0 saturated heterocycles. The van der Waals surface area contributed by atoms with Crippen molar-refractivity contribution in [1.29, 1.82) is 0 Å². The Kier molecular flexibility index (Phi) is 6.88. The summed E-state index contributed by atoms with van der Waals surface area (Å²) in [5.41, 5.74) is 5.39. The van der Waals surface area contributed by atoms with Crippen LogP contribution in [-0.2, 0) is 12.1 Å². The summed E-state index contributed by atoms with van der Waals surface area (Å²) in [6.07, 6.45) is 7.93. The van der Waals surface area contributed by atoms with Crippen LogP contribution in [0.2, 0.25) is 0 Å². The monoisotopic (exact) mass is 440 g/mol. The van der Waals surface area contributed by atoms with Gasteiger partial charge >= 0.3 is 0 Å². The fourth-order valence-corrected chi connectivity index (χ4v) is 4.42. The fraction of sp³-hybridized carbons (Fsp3) is 0.333. The summed E-state index contributed by atoms with van der Waals surface area (Å²) in [6.45, 7) is 7.46. The van der Waals surface area contributed by atoms with E-state index < -0.39 is 5.67 Å². The van der Waals surface area contributed by atoms with Crippen LogP contribution in [0.25, 0.3) is 33.4 Å². The van der Waals surface area contributed by atoms with Gasteiger partial charge in [-0.2, -0.15) is 0 Å². The molecule has 0 saturated carbocycles. The van der Waals surface area contributed by atoms with Gasteiger partial charge in [0.15, 0.2) is 5.82 Å². The first-order valence-corrected chi connectivity index (χ1v) is 12.0. The molecule has 0 aliphatic rings. The molecular weight excluding hydrogens is 407 g/mol. The van der Waals surface area contributed by atoms with Crippen LogP contribution >= 0.6 is 0 Å². The summed E-state index contributed by atoms with van der Waals surface area (Å²) >= 11 is 0. The van der Waals surface area contributed by atoms with Gasteiger partial charge in [-0.15, -0.1) is 0 Å². The van der Waals surface area contributed by atoms with Crippen LogP contribution in [0.5, 0.6) is 0 Å². The largest absolute Gasteiger partial charge is 0.239 e. The van der Waals surface area contributed by atoms with Crippen LogP contribution in [0.3, 0.4) is 0 Å². The van der Waals surface area contributed by atoms with Gasteiger partial charge in [0, 0.05) is 17.1 Å². The Bertz CT molecular complexity index is 1250. The van der Waals surface area contributed by atoms with Crippen molar-refractivity contribution in [3.63, 3.8) is 0 Å². The Hall–Kier alpha value is -3.07. The summed E-state index contributed by atoms with van der Waals surface area (Å²) in [4.78, 5) is 9.48. The zero-order chi connectivity index (χ0) is 23.4. The summed E-state index contributed by atoms with van der Waals surface area (Å²) in [5, 5.41) is 0.992. The van der Waals surface area contributed by atoms with E-state index in [-0.39, 0.29) is 0 Å². The molecule has 0 atom stereocenters. The number of halogens is 1. The Labute approximate surface area is 196 Å². The smallest absolute Gasteiger partial charge is 0.160 e. The molecule has 1 aromatic heterocycles. The van der Waals surface area contributed by atoms with Crippen LogP contribution in [0.1, 0.15) is 63.1 Å². The second-order valence-electron chi connectivity index (χ2n) is 9.45. The lowest BCUT2D eigenvalue weighted by Gasteiger charge is -2.20. The third-order valence-corrected chi connectivity index (χ3v) is 6.29. The highest BCUT2D eigenvalue weighted by Gasteiger charge is 2.25. The lowest BCUT2D eigenvalue weighted by atomic mass is 9.90. The average molecular weight is 441 g/mol. The molecule has 2 nitrogen and oxygen atoms in total. The molecule has 33 heavy (non-hydrogen) atoms. The number of rotatable bonds is 8. The van der Waals surface area contributed by atoms with E-state index in [0.29, 0.717) is 11.4 Å². The molecule has 0 amide bonds. The van der Waals surface area contributed by atoms with E-state index in [1.807, 2.05) is 49.5 Å². The van der Waals surface area contributed by atoms with Gasteiger partial charge in [-0.3, -0.25) is 0 Å². The highest BCUT2D eigenvalue weighted by molar-refractivity contribution is 5.83. The summed E-state index contributed by atoms with van der Waals surface area (Å²) in [5.74, 6) is 0.565. The topological polar surface area (TPSA) is 25.8 Å². The molecule has 0 spiro atoms. The molecule has 0 radical (unpaired) electrons. The minimum atomic E-state index is -1.50. The lowest BCUT2D eigenvalue weighted by Crippen LogP contribution is -2.12. The number of aryl methyl sites for hydroxylation is 2. The number of alkyl halides is 1. The quantitative estimate of drug-likeness (QED) is 0.256. The number of benzene rings is 3. The molecule has 0 bridgehead atoms. The Morgan fingerprint density at radius 3 is 2.45 bits per heavy atom. The fourth-order valence-electron chi connectivity index (χ4n) is 4.42. The van der Waals surface area contributed by atoms with Crippen molar-refractivity contribution < 1.29 is 4.39 Å². The highest BCUT2D eigenvalue weighted by Crippen LogP contribution is 2.36. The van der Waals surface area contributed by atoms with Crippen LogP contribution in [0, 0.1) is 6.92 Å². The second kappa shape index (κ2) is 9.82. The van der Waals surface area contributed by atoms with Crippen molar-refractivity contribution in [2.45, 2.75) is 65.5 Å². The van der Waals surface area contributed by atoms with Gasteiger partial charge in [0.05, 0.1) is 5.52 Å². The molecule has 3 aromatic carbocycles. The molecule has 4 aromatic rings. The van der Waals surface area contributed by atoms with E-state index in [1.165, 1.54) is 31.2 Å². The maximum atomic E-state index is 15.2. The Morgan fingerprint density at radius 1 is 0.879 bits per heavy atom. The van der Waals surface area contributed by atoms with Crippen molar-refractivity contribution in [2.24, 2.45) is 0 Å². The van der Waals surface area contributed by atoms with Crippen LogP contribution in [0.15, 0.2) is 66.9 Å². The number of hydrogen-bond donors (Lipinski definition) is 0. The van der Waals surface area contributed by atoms with Crippen molar-refractivity contribution in [3.8, 4) is 22.5 Å². The standard InChI is InChI=1S/C30H33FN2/c1-5-6-7-8-12-22-13-10-14-23(18-22)24-16-17-27(30(3,4)31)26(19-24)29-32-20-25-15-9-11-21(2)28(25)33-29/h9-11,13-20H,5-8,12H2,1-4H3.